The number of hydrogen-bond donors (Lipinski definition) is 1. The van der Waals surface area contributed by atoms with E-state index < -0.39 is 7.52 Å². The number of rotatable bonds is 8. The highest BCUT2D eigenvalue weighted by molar-refractivity contribution is 7.99. The second-order valence-corrected chi connectivity index (χ2v) is 12.4. The summed E-state index contributed by atoms with van der Waals surface area (Å²) in [6.45, 7) is 6.51. The summed E-state index contributed by atoms with van der Waals surface area (Å²) in [5.41, 5.74) is 1.87. The number of piperidine rings is 1. The zero-order chi connectivity index (χ0) is 23.4. The number of anilines is 1. The Morgan fingerprint density at radius 3 is 2.55 bits per heavy atom. The van der Waals surface area contributed by atoms with E-state index in [0.717, 1.165) is 53.7 Å². The highest BCUT2D eigenvalue weighted by Crippen LogP contribution is 2.52. The molecule has 2 aromatic carbocycles. The lowest BCUT2D eigenvalue weighted by Crippen LogP contribution is -2.42. The van der Waals surface area contributed by atoms with Gasteiger partial charge in [0.15, 0.2) is 0 Å². The first-order chi connectivity index (χ1) is 15.8. The molecule has 4 rings (SSSR count). The Labute approximate surface area is 202 Å². The van der Waals surface area contributed by atoms with Crippen LogP contribution in [-0.2, 0) is 4.57 Å². The molecule has 1 N–H and O–H groups in total. The van der Waals surface area contributed by atoms with Gasteiger partial charge in [0.25, 0.3) is 0 Å². The average Bonchev–Trinajstić information content (AvgIpc) is 2.82. The number of nitrogens with zero attached hydrogens (tertiary/aromatic N) is 3. The van der Waals surface area contributed by atoms with Crippen molar-refractivity contribution < 1.29 is 14.2 Å². The predicted molar refractivity (Wildman–Crippen MR) is 138 cm³/mol. The maximum atomic E-state index is 13.5. The van der Waals surface area contributed by atoms with Gasteiger partial charge in [0.1, 0.15) is 5.75 Å². The fourth-order valence-corrected chi connectivity index (χ4v) is 7.39. The van der Waals surface area contributed by atoms with Crippen LogP contribution in [0.1, 0.15) is 24.8 Å². The van der Waals surface area contributed by atoms with Crippen molar-refractivity contribution in [3.63, 3.8) is 0 Å². The molecule has 2 aliphatic heterocycles. The van der Waals surface area contributed by atoms with Crippen molar-refractivity contribution in [1.82, 2.24) is 9.80 Å². The number of hydrogen-bond acceptors (Lipinski definition) is 5. The van der Waals surface area contributed by atoms with Gasteiger partial charge in [-0.1, -0.05) is 17.7 Å². The molecule has 0 bridgehead atoms. The number of ether oxygens (including phenoxy) is 1. The molecule has 8 heteroatoms. The summed E-state index contributed by atoms with van der Waals surface area (Å²) >= 11 is 1.72. The Hall–Kier alpha value is -1.50. The molecule has 0 radical (unpaired) electrons. The minimum atomic E-state index is -3.70. The summed E-state index contributed by atoms with van der Waals surface area (Å²) in [5.74, 6) is 1.55. The second kappa shape index (κ2) is 10.8. The van der Waals surface area contributed by atoms with E-state index in [-0.39, 0.29) is 0 Å². The monoisotopic (exact) mass is 489 g/mol. The van der Waals surface area contributed by atoms with Gasteiger partial charge in [-0.15, -0.1) is 11.8 Å². The van der Waals surface area contributed by atoms with Crippen molar-refractivity contribution >= 4 is 30.3 Å². The molecule has 0 saturated carbocycles. The Morgan fingerprint density at radius 1 is 1.12 bits per heavy atom. The van der Waals surface area contributed by atoms with Crippen LogP contribution in [0, 0.1) is 6.92 Å². The standard InChI is InChI=1S/C25H36N3O3PS/c1-20-5-8-23(9-6-20)32(29,30)28-16-18-33-25-10-7-22(19-24(25)28)31-17-4-13-27-14-11-21(12-15-27)26(2)3/h5-10,19,21H,4,11-18H2,1-3H3,(H,29,30). The van der Waals surface area contributed by atoms with E-state index in [0.29, 0.717) is 24.5 Å². The SMILES string of the molecule is Cc1ccc(P(=O)(O)N2CCSc3ccc(OCCCN4CCC(N(C)C)CC4)cc32)cc1. The predicted octanol–water partition coefficient (Wildman–Crippen LogP) is 4.21. The largest absolute Gasteiger partial charge is 0.493 e. The summed E-state index contributed by atoms with van der Waals surface area (Å²) < 4.78 is 21.2. The van der Waals surface area contributed by atoms with Crippen LogP contribution in [0.3, 0.4) is 0 Å². The molecule has 0 spiro atoms. The first-order valence-electron chi connectivity index (χ1n) is 11.8. The van der Waals surface area contributed by atoms with Crippen LogP contribution >= 0.6 is 19.3 Å². The molecule has 33 heavy (non-hydrogen) atoms. The summed E-state index contributed by atoms with van der Waals surface area (Å²) in [5, 5.41) is 0.468. The molecule has 2 heterocycles. The molecule has 0 aromatic heterocycles. The molecular formula is C25H36N3O3PS. The quantitative estimate of drug-likeness (QED) is 0.440. The van der Waals surface area contributed by atoms with Gasteiger partial charge in [0.05, 0.1) is 17.6 Å². The normalized spacial score (nSPS) is 19.4. The zero-order valence-corrected chi connectivity index (χ0v) is 21.7. The third kappa shape index (κ3) is 5.95. The molecule has 6 nitrogen and oxygen atoms in total. The minimum Gasteiger partial charge on any atom is -0.493 e. The molecule has 1 atom stereocenters. The van der Waals surface area contributed by atoms with Crippen LogP contribution in [0.5, 0.6) is 5.75 Å². The van der Waals surface area contributed by atoms with E-state index in [2.05, 4.69) is 23.9 Å². The van der Waals surface area contributed by atoms with Crippen molar-refractivity contribution in [2.24, 2.45) is 0 Å². The van der Waals surface area contributed by atoms with Crippen molar-refractivity contribution in [3.8, 4) is 5.75 Å². The smallest absolute Gasteiger partial charge is 0.324 e. The van der Waals surface area contributed by atoms with E-state index in [4.69, 9.17) is 4.74 Å². The fourth-order valence-electron chi connectivity index (χ4n) is 4.57. The maximum Gasteiger partial charge on any atom is 0.324 e. The third-order valence-electron chi connectivity index (χ3n) is 6.64. The van der Waals surface area contributed by atoms with Crippen LogP contribution in [-0.4, -0.2) is 73.4 Å². The highest BCUT2D eigenvalue weighted by Gasteiger charge is 2.34. The minimum absolute atomic E-state index is 0.468. The summed E-state index contributed by atoms with van der Waals surface area (Å²) in [6, 6.07) is 13.9. The molecular weight excluding hydrogens is 453 g/mol. The molecule has 0 aliphatic carbocycles. The van der Waals surface area contributed by atoms with Crippen LogP contribution in [0.4, 0.5) is 5.69 Å². The van der Waals surface area contributed by atoms with E-state index >= 15 is 0 Å². The Bertz CT molecular complexity index is 977. The van der Waals surface area contributed by atoms with Gasteiger partial charge in [0, 0.05) is 35.8 Å². The van der Waals surface area contributed by atoms with Gasteiger partial charge in [-0.3, -0.25) is 9.24 Å². The lowest BCUT2D eigenvalue weighted by Gasteiger charge is -2.35. The Kier molecular flexibility index (Phi) is 8.08. The van der Waals surface area contributed by atoms with Crippen LogP contribution < -0.4 is 14.7 Å². The van der Waals surface area contributed by atoms with Crippen LogP contribution in [0.15, 0.2) is 47.4 Å². The van der Waals surface area contributed by atoms with Gasteiger partial charge in [0.2, 0.25) is 0 Å². The topological polar surface area (TPSA) is 56.2 Å². The second-order valence-electron chi connectivity index (χ2n) is 9.22. The Morgan fingerprint density at radius 2 is 1.85 bits per heavy atom. The average molecular weight is 490 g/mol. The number of aryl methyl sites for hydroxylation is 1. The van der Waals surface area contributed by atoms with Gasteiger partial charge >= 0.3 is 7.52 Å². The van der Waals surface area contributed by atoms with Crippen molar-refractivity contribution in [2.45, 2.75) is 37.1 Å². The molecule has 0 amide bonds. The summed E-state index contributed by atoms with van der Waals surface area (Å²) in [7, 11) is 0.638. The first kappa shape index (κ1) is 24.6. The molecule has 2 aliphatic rings. The molecule has 1 fully saturated rings. The van der Waals surface area contributed by atoms with Gasteiger partial charge < -0.3 is 19.4 Å². The number of fused-ring (bicyclic) bond motifs is 1. The van der Waals surface area contributed by atoms with E-state index in [1.54, 1.807) is 28.6 Å². The van der Waals surface area contributed by atoms with Gasteiger partial charge in [-0.05, 0) is 77.6 Å². The van der Waals surface area contributed by atoms with Crippen LogP contribution in [0.2, 0.25) is 0 Å². The van der Waals surface area contributed by atoms with E-state index in [9.17, 15) is 9.46 Å². The third-order valence-corrected chi connectivity index (χ3v) is 9.73. The molecule has 1 unspecified atom stereocenters. The molecule has 180 valence electrons. The first-order valence-corrected chi connectivity index (χ1v) is 14.4. The summed E-state index contributed by atoms with van der Waals surface area (Å²) in [4.78, 5) is 17.0. The van der Waals surface area contributed by atoms with Crippen molar-refractivity contribution in [1.29, 1.82) is 0 Å². The highest BCUT2D eigenvalue weighted by atomic mass is 32.2. The number of benzene rings is 2. The van der Waals surface area contributed by atoms with Crippen LogP contribution in [0.25, 0.3) is 0 Å². The van der Waals surface area contributed by atoms with E-state index in [1.165, 1.54) is 12.8 Å². The lowest BCUT2D eigenvalue weighted by atomic mass is 10.0. The van der Waals surface area contributed by atoms with E-state index in [1.807, 2.05) is 37.3 Å². The Balaban J connectivity index is 1.36. The van der Waals surface area contributed by atoms with Gasteiger partial charge in [-0.25, -0.2) is 0 Å². The van der Waals surface area contributed by atoms with Crippen molar-refractivity contribution in [3.05, 3.63) is 48.0 Å². The molecule has 1 saturated heterocycles. The van der Waals surface area contributed by atoms with Crippen molar-refractivity contribution in [2.75, 3.05) is 57.3 Å². The molecule has 2 aromatic rings. The fraction of sp³-hybridized carbons (Fsp3) is 0.520. The number of thioether (sulfide) groups is 1. The van der Waals surface area contributed by atoms with Gasteiger partial charge in [-0.2, -0.15) is 0 Å². The number of likely N-dealkylation sites (tertiary alicyclic amines) is 1. The summed E-state index contributed by atoms with van der Waals surface area (Å²) in [6.07, 6.45) is 3.44. The lowest BCUT2D eigenvalue weighted by molar-refractivity contribution is 0.138. The zero-order valence-electron chi connectivity index (χ0n) is 19.9. The maximum absolute atomic E-state index is 13.5.